The van der Waals surface area contributed by atoms with E-state index >= 15 is 0 Å². The van der Waals surface area contributed by atoms with Gasteiger partial charge in [0.05, 0.1) is 12.6 Å². The van der Waals surface area contributed by atoms with Crippen molar-refractivity contribution in [2.75, 3.05) is 39.3 Å². The molecule has 1 aromatic carbocycles. The number of piperazine rings is 1. The molecule has 0 aromatic heterocycles. The zero-order valence-electron chi connectivity index (χ0n) is 15.5. The van der Waals surface area contributed by atoms with Crippen LogP contribution in [0, 0.1) is 0 Å². The number of carbonyl (C=O) groups is 1. The van der Waals surface area contributed by atoms with E-state index in [1.54, 1.807) is 0 Å². The van der Waals surface area contributed by atoms with Gasteiger partial charge in [0.25, 0.3) is 0 Å². The third kappa shape index (κ3) is 6.65. The molecule has 1 aromatic rings. The third-order valence-corrected chi connectivity index (χ3v) is 4.84. The summed E-state index contributed by atoms with van der Waals surface area (Å²) in [5.74, 6) is 0. The lowest BCUT2D eigenvalue weighted by Gasteiger charge is -2.34. The van der Waals surface area contributed by atoms with Crippen molar-refractivity contribution < 1.29 is 9.90 Å². The molecule has 1 heterocycles. The van der Waals surface area contributed by atoms with E-state index in [2.05, 4.69) is 51.6 Å². The maximum absolute atomic E-state index is 11.8. The fraction of sp³-hybridized carbons (Fsp3) is 0.632. The summed E-state index contributed by atoms with van der Waals surface area (Å²) in [4.78, 5) is 16.8. The van der Waals surface area contributed by atoms with Gasteiger partial charge in [-0.15, -0.1) is 0 Å². The minimum atomic E-state index is -0.237. The molecule has 0 bridgehead atoms. The Morgan fingerprint density at radius 3 is 2.24 bits per heavy atom. The van der Waals surface area contributed by atoms with Crippen molar-refractivity contribution in [1.82, 2.24) is 20.4 Å². The van der Waals surface area contributed by atoms with Gasteiger partial charge in [0.1, 0.15) is 0 Å². The molecule has 1 saturated heterocycles. The lowest BCUT2D eigenvalue weighted by atomic mass is 10.1. The molecule has 1 unspecified atom stereocenters. The monoisotopic (exact) mass is 348 g/mol. The second-order valence-electron chi connectivity index (χ2n) is 6.64. The predicted octanol–water partition coefficient (Wildman–Crippen LogP) is 1.39. The number of aliphatic hydroxyl groups is 1. The first kappa shape index (κ1) is 19.7. The van der Waals surface area contributed by atoms with Crippen LogP contribution in [0.2, 0.25) is 0 Å². The van der Waals surface area contributed by atoms with E-state index in [4.69, 9.17) is 5.11 Å². The van der Waals surface area contributed by atoms with E-state index in [1.807, 2.05) is 6.92 Å². The molecule has 140 valence electrons. The molecule has 3 N–H and O–H groups in total. The number of hydrogen-bond acceptors (Lipinski definition) is 4. The van der Waals surface area contributed by atoms with Crippen molar-refractivity contribution in [2.45, 2.75) is 39.4 Å². The molecular formula is C19H32N4O2. The number of rotatable bonds is 8. The lowest BCUT2D eigenvalue weighted by molar-refractivity contribution is 0.132. The van der Waals surface area contributed by atoms with Gasteiger partial charge in [0.2, 0.25) is 0 Å². The van der Waals surface area contributed by atoms with Crippen molar-refractivity contribution in [1.29, 1.82) is 0 Å². The van der Waals surface area contributed by atoms with Gasteiger partial charge in [-0.05, 0) is 24.1 Å². The molecule has 0 saturated carbocycles. The second kappa shape index (κ2) is 10.4. The fourth-order valence-corrected chi connectivity index (χ4v) is 2.98. The number of nitrogens with zero attached hydrogens (tertiary/aromatic N) is 2. The third-order valence-electron chi connectivity index (χ3n) is 4.84. The number of benzene rings is 1. The molecule has 1 aliphatic rings. The molecule has 0 aliphatic carbocycles. The van der Waals surface area contributed by atoms with Crippen molar-refractivity contribution in [3.8, 4) is 0 Å². The predicted molar refractivity (Wildman–Crippen MR) is 100 cm³/mol. The highest BCUT2D eigenvalue weighted by Crippen LogP contribution is 2.10. The highest BCUT2D eigenvalue weighted by molar-refractivity contribution is 5.74. The summed E-state index contributed by atoms with van der Waals surface area (Å²) in [5.41, 5.74) is 2.39. The summed E-state index contributed by atoms with van der Waals surface area (Å²) >= 11 is 0. The Balaban J connectivity index is 1.73. The van der Waals surface area contributed by atoms with E-state index in [0.717, 1.165) is 44.8 Å². The zero-order valence-corrected chi connectivity index (χ0v) is 15.5. The normalized spacial score (nSPS) is 17.2. The minimum absolute atomic E-state index is 0.0366. The van der Waals surface area contributed by atoms with Gasteiger partial charge >= 0.3 is 6.03 Å². The number of hydrogen-bond donors (Lipinski definition) is 3. The van der Waals surface area contributed by atoms with Gasteiger partial charge in [-0.1, -0.05) is 38.1 Å². The Hall–Kier alpha value is -1.63. The summed E-state index contributed by atoms with van der Waals surface area (Å²) in [5, 5.41) is 14.7. The van der Waals surface area contributed by atoms with Crippen molar-refractivity contribution in [3.63, 3.8) is 0 Å². The van der Waals surface area contributed by atoms with Crippen LogP contribution in [0.4, 0.5) is 4.79 Å². The van der Waals surface area contributed by atoms with E-state index in [9.17, 15) is 4.79 Å². The van der Waals surface area contributed by atoms with E-state index in [-0.39, 0.29) is 18.7 Å². The molecule has 2 rings (SSSR count). The molecule has 1 atom stereocenters. The first-order valence-corrected chi connectivity index (χ1v) is 9.32. The van der Waals surface area contributed by atoms with Crippen LogP contribution in [0.5, 0.6) is 0 Å². The highest BCUT2D eigenvalue weighted by Gasteiger charge is 2.15. The molecule has 0 radical (unpaired) electrons. The standard InChI is InChI=1S/C19H32N4O2/c1-3-18(15-24)21-19(25)20-13-16-5-7-17(8-6-16)14-23-11-9-22(4-2)10-12-23/h5-8,18,24H,3-4,9-15H2,1-2H3,(H2,20,21,25). The summed E-state index contributed by atoms with van der Waals surface area (Å²) in [6.07, 6.45) is 0.713. The van der Waals surface area contributed by atoms with Gasteiger partial charge in [-0.25, -0.2) is 4.79 Å². The van der Waals surface area contributed by atoms with E-state index in [1.165, 1.54) is 5.56 Å². The molecule has 1 fully saturated rings. The summed E-state index contributed by atoms with van der Waals surface area (Å²) < 4.78 is 0. The molecule has 6 heteroatoms. The second-order valence-corrected chi connectivity index (χ2v) is 6.64. The number of nitrogens with one attached hydrogen (secondary N) is 2. The van der Waals surface area contributed by atoms with Gasteiger partial charge in [0, 0.05) is 39.3 Å². The Morgan fingerprint density at radius 2 is 1.68 bits per heavy atom. The minimum Gasteiger partial charge on any atom is -0.394 e. The number of likely N-dealkylation sites (N-methyl/N-ethyl adjacent to an activating group) is 1. The molecule has 1 aliphatic heterocycles. The van der Waals surface area contributed by atoms with Gasteiger partial charge < -0.3 is 20.6 Å². The average molecular weight is 348 g/mol. The van der Waals surface area contributed by atoms with Gasteiger partial charge in [-0.3, -0.25) is 4.90 Å². The Morgan fingerprint density at radius 1 is 1.08 bits per heavy atom. The lowest BCUT2D eigenvalue weighted by Crippen LogP contribution is -2.45. The number of carbonyl (C=O) groups excluding carboxylic acids is 1. The quantitative estimate of drug-likeness (QED) is 0.664. The highest BCUT2D eigenvalue weighted by atomic mass is 16.3. The molecular weight excluding hydrogens is 316 g/mol. The van der Waals surface area contributed by atoms with Crippen LogP contribution in [-0.4, -0.2) is 66.3 Å². The SMILES string of the molecule is CCC(CO)NC(=O)NCc1ccc(CN2CCN(CC)CC2)cc1. The topological polar surface area (TPSA) is 67.8 Å². The van der Waals surface area contributed by atoms with Gasteiger partial charge in [0.15, 0.2) is 0 Å². The largest absolute Gasteiger partial charge is 0.394 e. The van der Waals surface area contributed by atoms with Crippen molar-refractivity contribution in [3.05, 3.63) is 35.4 Å². The van der Waals surface area contributed by atoms with Crippen LogP contribution >= 0.6 is 0 Å². The Kier molecular flexibility index (Phi) is 8.18. The van der Waals surface area contributed by atoms with Crippen LogP contribution in [0.3, 0.4) is 0 Å². The van der Waals surface area contributed by atoms with Crippen LogP contribution < -0.4 is 10.6 Å². The van der Waals surface area contributed by atoms with Crippen LogP contribution in [0.25, 0.3) is 0 Å². The summed E-state index contributed by atoms with van der Waals surface area (Å²) in [6, 6.07) is 8.00. The number of amides is 2. The maximum atomic E-state index is 11.8. The molecule has 0 spiro atoms. The summed E-state index contributed by atoms with van der Waals surface area (Å²) in [6.45, 7) is 11.3. The van der Waals surface area contributed by atoms with Crippen LogP contribution in [0.15, 0.2) is 24.3 Å². The Bertz CT molecular complexity index is 509. The average Bonchev–Trinajstić information content (AvgIpc) is 2.66. The molecule has 6 nitrogen and oxygen atoms in total. The zero-order chi connectivity index (χ0) is 18.1. The maximum Gasteiger partial charge on any atom is 0.315 e. The van der Waals surface area contributed by atoms with E-state index in [0.29, 0.717) is 13.0 Å². The van der Waals surface area contributed by atoms with E-state index < -0.39 is 0 Å². The number of urea groups is 1. The molecule has 25 heavy (non-hydrogen) atoms. The molecule has 2 amide bonds. The first-order chi connectivity index (χ1) is 12.1. The number of aliphatic hydroxyl groups excluding tert-OH is 1. The van der Waals surface area contributed by atoms with Crippen LogP contribution in [-0.2, 0) is 13.1 Å². The van der Waals surface area contributed by atoms with Crippen LogP contribution in [0.1, 0.15) is 31.4 Å². The fourth-order valence-electron chi connectivity index (χ4n) is 2.98. The summed E-state index contributed by atoms with van der Waals surface area (Å²) in [7, 11) is 0. The first-order valence-electron chi connectivity index (χ1n) is 9.32. The van der Waals surface area contributed by atoms with Crippen molar-refractivity contribution in [2.24, 2.45) is 0 Å². The van der Waals surface area contributed by atoms with Gasteiger partial charge in [-0.2, -0.15) is 0 Å². The Labute approximate surface area is 151 Å². The van der Waals surface area contributed by atoms with Crippen molar-refractivity contribution >= 4 is 6.03 Å². The smallest absolute Gasteiger partial charge is 0.315 e.